The standard InChI is InChI=1S/C15H23N3O/c1-10-4-5-13(11(2)8-10)18-9-12(3)17-15(19)14(18)6-7-16/h4-5,8,12,14H,6-7,9,16H2,1-3H3,(H,17,19). The van der Waals surface area contributed by atoms with E-state index >= 15 is 0 Å². The molecule has 1 heterocycles. The molecule has 1 aromatic rings. The van der Waals surface area contributed by atoms with E-state index in [-0.39, 0.29) is 18.0 Å². The maximum atomic E-state index is 12.1. The van der Waals surface area contributed by atoms with E-state index in [2.05, 4.69) is 42.3 Å². The highest BCUT2D eigenvalue weighted by atomic mass is 16.2. The van der Waals surface area contributed by atoms with Gasteiger partial charge in [0.2, 0.25) is 5.91 Å². The van der Waals surface area contributed by atoms with Crippen molar-refractivity contribution >= 4 is 11.6 Å². The summed E-state index contributed by atoms with van der Waals surface area (Å²) >= 11 is 0. The van der Waals surface area contributed by atoms with E-state index in [1.54, 1.807) is 0 Å². The van der Waals surface area contributed by atoms with Gasteiger partial charge < -0.3 is 16.0 Å². The third-order valence-electron chi connectivity index (χ3n) is 3.64. The van der Waals surface area contributed by atoms with Gasteiger partial charge in [-0.2, -0.15) is 0 Å². The highest BCUT2D eigenvalue weighted by Crippen LogP contribution is 2.26. The minimum atomic E-state index is -0.150. The summed E-state index contributed by atoms with van der Waals surface area (Å²) in [5.74, 6) is 0.0872. The van der Waals surface area contributed by atoms with Crippen molar-refractivity contribution < 1.29 is 4.79 Å². The highest BCUT2D eigenvalue weighted by molar-refractivity contribution is 5.87. The molecule has 1 aliphatic rings. The Bertz CT molecular complexity index is 472. The summed E-state index contributed by atoms with van der Waals surface area (Å²) in [6, 6.07) is 6.38. The summed E-state index contributed by atoms with van der Waals surface area (Å²) in [5.41, 5.74) is 9.25. The van der Waals surface area contributed by atoms with E-state index in [1.807, 2.05) is 6.92 Å². The number of hydrogen-bond donors (Lipinski definition) is 2. The largest absolute Gasteiger partial charge is 0.357 e. The molecule has 1 aliphatic heterocycles. The maximum absolute atomic E-state index is 12.1. The van der Waals surface area contributed by atoms with Crippen LogP contribution >= 0.6 is 0 Å². The summed E-state index contributed by atoms with van der Waals surface area (Å²) in [7, 11) is 0. The molecule has 4 heteroatoms. The van der Waals surface area contributed by atoms with Crippen LogP contribution < -0.4 is 16.0 Å². The van der Waals surface area contributed by atoms with Crippen molar-refractivity contribution in [1.82, 2.24) is 5.32 Å². The van der Waals surface area contributed by atoms with Gasteiger partial charge in [0.1, 0.15) is 6.04 Å². The van der Waals surface area contributed by atoms with Crippen LogP contribution in [0.4, 0.5) is 5.69 Å². The third kappa shape index (κ3) is 2.89. The Morgan fingerprint density at radius 1 is 1.42 bits per heavy atom. The molecule has 1 amide bonds. The Labute approximate surface area is 115 Å². The van der Waals surface area contributed by atoms with Crippen molar-refractivity contribution in [3.05, 3.63) is 29.3 Å². The zero-order chi connectivity index (χ0) is 14.0. The van der Waals surface area contributed by atoms with Gasteiger partial charge in [-0.15, -0.1) is 0 Å². The third-order valence-corrected chi connectivity index (χ3v) is 3.64. The van der Waals surface area contributed by atoms with Crippen molar-refractivity contribution in [3.8, 4) is 0 Å². The predicted molar refractivity (Wildman–Crippen MR) is 78.3 cm³/mol. The number of aryl methyl sites for hydroxylation is 2. The number of piperazine rings is 1. The number of rotatable bonds is 3. The molecule has 19 heavy (non-hydrogen) atoms. The maximum Gasteiger partial charge on any atom is 0.243 e. The minimum absolute atomic E-state index is 0.0872. The fraction of sp³-hybridized carbons (Fsp3) is 0.533. The van der Waals surface area contributed by atoms with E-state index in [9.17, 15) is 4.79 Å². The molecule has 2 atom stereocenters. The van der Waals surface area contributed by atoms with Gasteiger partial charge >= 0.3 is 0 Å². The molecule has 0 aliphatic carbocycles. The smallest absolute Gasteiger partial charge is 0.243 e. The van der Waals surface area contributed by atoms with E-state index in [4.69, 9.17) is 5.73 Å². The van der Waals surface area contributed by atoms with Crippen LogP contribution in [0.2, 0.25) is 0 Å². The molecule has 2 unspecified atom stereocenters. The Hall–Kier alpha value is -1.55. The first-order valence-electron chi connectivity index (χ1n) is 6.87. The molecule has 1 fully saturated rings. The molecule has 0 radical (unpaired) electrons. The lowest BCUT2D eigenvalue weighted by Crippen LogP contribution is -2.60. The van der Waals surface area contributed by atoms with Gasteiger partial charge in [-0.3, -0.25) is 4.79 Å². The molecule has 0 saturated carbocycles. The van der Waals surface area contributed by atoms with Crippen LogP contribution in [-0.4, -0.2) is 31.1 Å². The van der Waals surface area contributed by atoms with E-state index in [0.29, 0.717) is 13.0 Å². The Kier molecular flexibility index (Phi) is 4.10. The van der Waals surface area contributed by atoms with Crippen LogP contribution in [0.25, 0.3) is 0 Å². The van der Waals surface area contributed by atoms with Crippen LogP contribution in [0.15, 0.2) is 18.2 Å². The quantitative estimate of drug-likeness (QED) is 0.863. The number of nitrogens with one attached hydrogen (secondary N) is 1. The van der Waals surface area contributed by atoms with Gasteiger partial charge in [0, 0.05) is 18.3 Å². The van der Waals surface area contributed by atoms with Crippen LogP contribution in [0.1, 0.15) is 24.5 Å². The van der Waals surface area contributed by atoms with E-state index in [1.165, 1.54) is 11.1 Å². The van der Waals surface area contributed by atoms with Gasteiger partial charge in [0.25, 0.3) is 0 Å². The fourth-order valence-corrected chi connectivity index (χ4v) is 2.79. The van der Waals surface area contributed by atoms with Crippen molar-refractivity contribution in [2.75, 3.05) is 18.0 Å². The number of nitrogens with two attached hydrogens (primary N) is 1. The van der Waals surface area contributed by atoms with Crippen molar-refractivity contribution in [2.45, 2.75) is 39.3 Å². The second-order valence-electron chi connectivity index (χ2n) is 5.45. The highest BCUT2D eigenvalue weighted by Gasteiger charge is 2.32. The van der Waals surface area contributed by atoms with Crippen molar-refractivity contribution in [2.24, 2.45) is 5.73 Å². The monoisotopic (exact) mass is 261 g/mol. The lowest BCUT2D eigenvalue weighted by Gasteiger charge is -2.40. The van der Waals surface area contributed by atoms with Gasteiger partial charge in [0.15, 0.2) is 0 Å². The summed E-state index contributed by atoms with van der Waals surface area (Å²) < 4.78 is 0. The number of nitrogens with zero attached hydrogens (tertiary/aromatic N) is 1. The predicted octanol–water partition coefficient (Wildman–Crippen LogP) is 1.35. The number of hydrogen-bond acceptors (Lipinski definition) is 3. The molecular weight excluding hydrogens is 238 g/mol. The molecule has 2 rings (SSSR count). The average molecular weight is 261 g/mol. The number of anilines is 1. The SMILES string of the molecule is Cc1ccc(N2CC(C)NC(=O)C2CCN)c(C)c1. The molecule has 0 spiro atoms. The van der Waals surface area contributed by atoms with Crippen LogP contribution in [0, 0.1) is 13.8 Å². The topological polar surface area (TPSA) is 58.4 Å². The van der Waals surface area contributed by atoms with Gasteiger partial charge in [-0.25, -0.2) is 0 Å². The average Bonchev–Trinajstić information content (AvgIpc) is 2.32. The number of amides is 1. The molecule has 1 saturated heterocycles. The molecule has 3 N–H and O–H groups in total. The fourth-order valence-electron chi connectivity index (χ4n) is 2.79. The summed E-state index contributed by atoms with van der Waals surface area (Å²) in [6.45, 7) is 7.57. The zero-order valence-electron chi connectivity index (χ0n) is 11.9. The first kappa shape index (κ1) is 13.9. The summed E-state index contributed by atoms with van der Waals surface area (Å²) in [5, 5.41) is 3.01. The number of carbonyl (C=O) groups excluding carboxylic acids is 1. The van der Waals surface area contributed by atoms with Crippen LogP contribution in [0.5, 0.6) is 0 Å². The lowest BCUT2D eigenvalue weighted by atomic mass is 10.0. The van der Waals surface area contributed by atoms with Crippen molar-refractivity contribution in [1.29, 1.82) is 0 Å². The summed E-state index contributed by atoms with van der Waals surface area (Å²) in [6.07, 6.45) is 0.686. The normalized spacial score (nSPS) is 23.4. The Balaban J connectivity index is 2.34. The first-order valence-corrected chi connectivity index (χ1v) is 6.87. The number of carbonyl (C=O) groups is 1. The second-order valence-corrected chi connectivity index (χ2v) is 5.45. The molecular formula is C15H23N3O. The van der Waals surface area contributed by atoms with Gasteiger partial charge in [-0.1, -0.05) is 17.7 Å². The second kappa shape index (κ2) is 5.61. The molecule has 1 aromatic carbocycles. The van der Waals surface area contributed by atoms with Gasteiger partial charge in [-0.05, 0) is 45.4 Å². The van der Waals surface area contributed by atoms with E-state index < -0.39 is 0 Å². The molecule has 104 valence electrons. The molecule has 0 bridgehead atoms. The zero-order valence-corrected chi connectivity index (χ0v) is 11.9. The first-order chi connectivity index (χ1) is 9.02. The van der Waals surface area contributed by atoms with Crippen LogP contribution in [-0.2, 0) is 4.79 Å². The molecule has 0 aromatic heterocycles. The van der Waals surface area contributed by atoms with Crippen LogP contribution in [0.3, 0.4) is 0 Å². The number of benzene rings is 1. The molecule has 4 nitrogen and oxygen atoms in total. The van der Waals surface area contributed by atoms with E-state index in [0.717, 1.165) is 12.2 Å². The Morgan fingerprint density at radius 3 is 2.79 bits per heavy atom. The van der Waals surface area contributed by atoms with Crippen molar-refractivity contribution in [3.63, 3.8) is 0 Å². The van der Waals surface area contributed by atoms with Gasteiger partial charge in [0.05, 0.1) is 0 Å². The minimum Gasteiger partial charge on any atom is -0.357 e. The summed E-state index contributed by atoms with van der Waals surface area (Å²) in [4.78, 5) is 14.3. The Morgan fingerprint density at radius 2 is 2.16 bits per heavy atom. The lowest BCUT2D eigenvalue weighted by molar-refractivity contribution is -0.124.